The van der Waals surface area contributed by atoms with Gasteiger partial charge in [0.25, 0.3) is 5.60 Å². The zero-order valence-corrected chi connectivity index (χ0v) is 17.9. The monoisotopic (exact) mass is 525 g/mol. The topological polar surface area (TPSA) is 77.2 Å². The van der Waals surface area contributed by atoms with Crippen LogP contribution in [0.15, 0.2) is 39.4 Å². The molecule has 0 saturated heterocycles. The van der Waals surface area contributed by atoms with Gasteiger partial charge in [-0.25, -0.2) is 9.97 Å². The molecular weight excluding hydrogens is 512 g/mol. The molecule has 1 amide bonds. The molecule has 0 atom stereocenters. The van der Waals surface area contributed by atoms with Crippen molar-refractivity contribution >= 4 is 38.6 Å². The molecule has 1 N–H and O–H groups in total. The minimum atomic E-state index is -5.76. The molecule has 32 heavy (non-hydrogen) atoms. The standard InChI is InChI=1S/C19H14BrF6N3O3/c1-9-5-10(20)6-13-15(9)32-16(29-13)12-4-3-11(7-27-12)28-14(30)8-31-17(2,18(21,22)23)19(24,25)26/h3-7H,8H2,1-2H3,(H,28,30). The van der Waals surface area contributed by atoms with E-state index in [1.807, 2.05) is 13.0 Å². The van der Waals surface area contributed by atoms with Gasteiger partial charge in [-0.05, 0) is 43.7 Å². The molecule has 3 aromatic rings. The number of amides is 1. The molecule has 0 aliphatic heterocycles. The van der Waals surface area contributed by atoms with E-state index in [1.165, 1.54) is 12.1 Å². The van der Waals surface area contributed by atoms with Gasteiger partial charge in [0.2, 0.25) is 11.8 Å². The number of hydrogen-bond donors (Lipinski definition) is 1. The lowest BCUT2D eigenvalue weighted by Crippen LogP contribution is -2.57. The van der Waals surface area contributed by atoms with Crippen LogP contribution < -0.4 is 5.32 Å². The minimum absolute atomic E-state index is 0.0260. The largest absolute Gasteiger partial charge is 0.434 e. The quantitative estimate of drug-likeness (QED) is 0.426. The van der Waals surface area contributed by atoms with Gasteiger partial charge in [-0.2, -0.15) is 26.3 Å². The normalized spacial score (nSPS) is 12.9. The molecule has 0 saturated carbocycles. The smallest absolute Gasteiger partial charge is 0.426 e. The number of carbonyl (C=O) groups is 1. The van der Waals surface area contributed by atoms with Gasteiger partial charge in [-0.15, -0.1) is 0 Å². The fourth-order valence-electron chi connectivity index (χ4n) is 2.59. The van der Waals surface area contributed by atoms with Gasteiger partial charge in [0, 0.05) is 4.47 Å². The molecular formula is C19H14BrF6N3O3. The summed E-state index contributed by atoms with van der Waals surface area (Å²) >= 11 is 3.36. The van der Waals surface area contributed by atoms with Gasteiger partial charge < -0.3 is 14.5 Å². The van der Waals surface area contributed by atoms with Crippen LogP contribution in [-0.2, 0) is 9.53 Å². The average Bonchev–Trinajstić information content (AvgIpc) is 3.09. The van der Waals surface area contributed by atoms with E-state index in [9.17, 15) is 31.1 Å². The molecule has 6 nitrogen and oxygen atoms in total. The number of halogens is 7. The van der Waals surface area contributed by atoms with Gasteiger partial charge in [0.1, 0.15) is 17.8 Å². The highest BCUT2D eigenvalue weighted by molar-refractivity contribution is 9.10. The number of fused-ring (bicyclic) bond motifs is 1. The maximum absolute atomic E-state index is 12.8. The van der Waals surface area contributed by atoms with Crippen molar-refractivity contribution < 1.29 is 40.3 Å². The van der Waals surface area contributed by atoms with Crippen molar-refractivity contribution in [1.29, 1.82) is 0 Å². The Bertz CT molecular complexity index is 1130. The first-order valence-electron chi connectivity index (χ1n) is 8.81. The number of aromatic nitrogens is 2. The molecule has 0 aliphatic carbocycles. The first kappa shape index (κ1) is 24.0. The van der Waals surface area contributed by atoms with Crippen LogP contribution >= 0.6 is 15.9 Å². The highest BCUT2D eigenvalue weighted by Gasteiger charge is 2.69. The highest BCUT2D eigenvalue weighted by atomic mass is 79.9. The fourth-order valence-corrected chi connectivity index (χ4v) is 3.15. The van der Waals surface area contributed by atoms with Gasteiger partial charge in [-0.1, -0.05) is 15.9 Å². The van der Waals surface area contributed by atoms with Gasteiger partial charge in [0.05, 0.1) is 11.9 Å². The Hall–Kier alpha value is -2.67. The predicted molar refractivity (Wildman–Crippen MR) is 105 cm³/mol. The molecule has 0 spiro atoms. The zero-order chi connectivity index (χ0) is 23.9. The number of nitrogens with one attached hydrogen (secondary N) is 1. The zero-order valence-electron chi connectivity index (χ0n) is 16.4. The lowest BCUT2D eigenvalue weighted by molar-refractivity contribution is -0.371. The maximum atomic E-state index is 12.8. The molecule has 1 aromatic carbocycles. The predicted octanol–water partition coefficient (Wildman–Crippen LogP) is 5.80. The molecule has 0 radical (unpaired) electrons. The lowest BCUT2D eigenvalue weighted by atomic mass is 10.1. The Balaban J connectivity index is 1.69. The molecule has 3 rings (SSSR count). The van der Waals surface area contributed by atoms with Crippen LogP contribution in [0.3, 0.4) is 0 Å². The molecule has 0 unspecified atom stereocenters. The molecule has 0 aliphatic rings. The first-order valence-corrected chi connectivity index (χ1v) is 9.61. The number of pyridine rings is 1. The number of nitrogens with zero attached hydrogens (tertiary/aromatic N) is 2. The number of aryl methyl sites for hydroxylation is 1. The maximum Gasteiger partial charge on any atom is 0.426 e. The Morgan fingerprint density at radius 2 is 1.81 bits per heavy atom. The van der Waals surface area contributed by atoms with Crippen LogP contribution in [0.2, 0.25) is 0 Å². The van der Waals surface area contributed by atoms with Crippen LogP contribution in [-0.4, -0.2) is 40.4 Å². The SMILES string of the molecule is Cc1cc(Br)cc2nc(-c3ccc(NC(=O)COC(C)(C(F)(F)F)C(F)(F)F)cn3)oc12. The van der Waals surface area contributed by atoms with Crippen molar-refractivity contribution in [1.82, 2.24) is 9.97 Å². The van der Waals surface area contributed by atoms with E-state index in [1.54, 1.807) is 6.07 Å². The van der Waals surface area contributed by atoms with Crippen molar-refractivity contribution in [3.63, 3.8) is 0 Å². The second kappa shape index (κ2) is 8.35. The molecule has 0 bridgehead atoms. The second-order valence-corrected chi connectivity index (χ2v) is 7.80. The van der Waals surface area contributed by atoms with Crippen molar-refractivity contribution in [2.75, 3.05) is 11.9 Å². The minimum Gasteiger partial charge on any atom is -0.434 e. The molecule has 2 heterocycles. The van der Waals surface area contributed by atoms with E-state index in [-0.39, 0.29) is 18.5 Å². The fraction of sp³-hybridized carbons (Fsp3) is 0.316. The lowest BCUT2D eigenvalue weighted by Gasteiger charge is -2.33. The first-order chi connectivity index (χ1) is 14.7. The Kier molecular flexibility index (Phi) is 6.26. The number of anilines is 1. The number of ether oxygens (including phenoxy) is 1. The average molecular weight is 526 g/mol. The van der Waals surface area contributed by atoms with E-state index in [2.05, 4.69) is 36.0 Å². The van der Waals surface area contributed by atoms with E-state index in [0.717, 1.165) is 16.2 Å². The highest BCUT2D eigenvalue weighted by Crippen LogP contribution is 2.45. The van der Waals surface area contributed by atoms with Crippen LogP contribution in [0.25, 0.3) is 22.7 Å². The van der Waals surface area contributed by atoms with Crippen molar-refractivity contribution in [3.8, 4) is 11.6 Å². The number of oxazole rings is 1. The second-order valence-electron chi connectivity index (χ2n) is 6.89. The van der Waals surface area contributed by atoms with Crippen LogP contribution in [0, 0.1) is 6.92 Å². The van der Waals surface area contributed by atoms with E-state index >= 15 is 0 Å². The number of hydrogen-bond acceptors (Lipinski definition) is 5. The van der Waals surface area contributed by atoms with Crippen LogP contribution in [0.4, 0.5) is 32.0 Å². The van der Waals surface area contributed by atoms with E-state index in [0.29, 0.717) is 16.8 Å². The summed E-state index contributed by atoms with van der Waals surface area (Å²) in [4.78, 5) is 20.2. The van der Waals surface area contributed by atoms with Crippen LogP contribution in [0.5, 0.6) is 0 Å². The van der Waals surface area contributed by atoms with E-state index in [4.69, 9.17) is 4.42 Å². The van der Waals surface area contributed by atoms with Crippen LogP contribution in [0.1, 0.15) is 12.5 Å². The van der Waals surface area contributed by atoms with Gasteiger partial charge >= 0.3 is 12.4 Å². The number of rotatable bonds is 5. The summed E-state index contributed by atoms with van der Waals surface area (Å²) in [5, 5.41) is 2.12. The molecule has 172 valence electrons. The summed E-state index contributed by atoms with van der Waals surface area (Å²) in [6, 6.07) is 6.35. The van der Waals surface area contributed by atoms with Gasteiger partial charge in [0.15, 0.2) is 5.58 Å². The molecule has 2 aromatic heterocycles. The Labute approximate surface area is 185 Å². The summed E-state index contributed by atoms with van der Waals surface area (Å²) in [7, 11) is 0. The molecule has 13 heteroatoms. The summed E-state index contributed by atoms with van der Waals surface area (Å²) in [6.45, 7) is 0.173. The summed E-state index contributed by atoms with van der Waals surface area (Å²) in [5.41, 5.74) is -2.19. The third-order valence-electron chi connectivity index (χ3n) is 4.48. The number of benzene rings is 1. The molecule has 0 fully saturated rings. The van der Waals surface area contributed by atoms with Crippen molar-refractivity contribution in [2.24, 2.45) is 0 Å². The van der Waals surface area contributed by atoms with Crippen molar-refractivity contribution in [2.45, 2.75) is 31.8 Å². The third-order valence-corrected chi connectivity index (χ3v) is 4.94. The van der Waals surface area contributed by atoms with Gasteiger partial charge in [-0.3, -0.25) is 4.79 Å². The number of alkyl halides is 6. The number of carbonyl (C=O) groups excluding carboxylic acids is 1. The third kappa shape index (κ3) is 4.72. The summed E-state index contributed by atoms with van der Waals surface area (Å²) in [6.07, 6.45) is -10.4. The van der Waals surface area contributed by atoms with E-state index < -0.39 is 30.5 Å². The summed E-state index contributed by atoms with van der Waals surface area (Å²) in [5.74, 6) is -1.03. The Morgan fingerprint density at radius 3 is 2.38 bits per heavy atom. The summed E-state index contributed by atoms with van der Waals surface area (Å²) < 4.78 is 87.2. The Morgan fingerprint density at radius 1 is 1.16 bits per heavy atom. The van der Waals surface area contributed by atoms with Crippen molar-refractivity contribution in [3.05, 3.63) is 40.5 Å².